The highest BCUT2D eigenvalue weighted by Gasteiger charge is 2.12. The first-order valence-corrected chi connectivity index (χ1v) is 6.23. The maximum absolute atomic E-state index is 11.7. The van der Waals surface area contributed by atoms with Crippen molar-refractivity contribution in [1.82, 2.24) is 5.32 Å². The van der Waals surface area contributed by atoms with Gasteiger partial charge in [-0.05, 0) is 31.9 Å². The van der Waals surface area contributed by atoms with Crippen LogP contribution in [0, 0.1) is 13.8 Å². The van der Waals surface area contributed by atoms with Crippen LogP contribution in [0.15, 0.2) is 6.07 Å². The van der Waals surface area contributed by atoms with E-state index in [9.17, 15) is 9.59 Å². The second-order valence-corrected chi connectivity index (χ2v) is 5.10. The second-order valence-electron chi connectivity index (χ2n) is 3.84. The van der Waals surface area contributed by atoms with Crippen molar-refractivity contribution < 1.29 is 9.59 Å². The Kier molecular flexibility index (Phi) is 4.68. The number of aryl methyl sites for hydroxylation is 2. The van der Waals surface area contributed by atoms with E-state index >= 15 is 0 Å². The third-order valence-corrected chi connectivity index (χ3v) is 3.37. The average Bonchev–Trinajstić information content (AvgIpc) is 2.55. The Morgan fingerprint density at radius 1 is 1.38 bits per heavy atom. The second kappa shape index (κ2) is 5.80. The van der Waals surface area contributed by atoms with E-state index in [4.69, 9.17) is 0 Å². The highest BCUT2D eigenvalue weighted by atomic mass is 32.1. The van der Waals surface area contributed by atoms with Crippen molar-refractivity contribution in [3.05, 3.63) is 21.4 Å². The van der Waals surface area contributed by atoms with E-state index in [-0.39, 0.29) is 18.2 Å². The monoisotopic (exact) mass is 239 g/mol. The summed E-state index contributed by atoms with van der Waals surface area (Å²) in [6.45, 7) is 5.97. The number of hydrogen-bond acceptors (Lipinski definition) is 3. The quantitative estimate of drug-likeness (QED) is 0.858. The lowest BCUT2D eigenvalue weighted by Crippen LogP contribution is -2.29. The predicted molar refractivity (Wildman–Crippen MR) is 66.0 cm³/mol. The summed E-state index contributed by atoms with van der Waals surface area (Å²) in [7, 11) is 0. The Morgan fingerprint density at radius 3 is 2.56 bits per heavy atom. The fraction of sp³-hybridized carbons (Fsp3) is 0.500. The molecule has 1 aromatic rings. The molecule has 0 saturated heterocycles. The van der Waals surface area contributed by atoms with Crippen molar-refractivity contribution in [1.29, 1.82) is 0 Å². The standard InChI is InChI=1S/C12H17NO2S/c1-4-5-10(14)7-13-12(15)11-8(2)6-9(3)16-11/h6H,4-5,7H2,1-3H3,(H,13,15). The van der Waals surface area contributed by atoms with Crippen LogP contribution < -0.4 is 5.32 Å². The Bertz CT molecular complexity index is 396. The first-order valence-electron chi connectivity index (χ1n) is 5.41. The van der Waals surface area contributed by atoms with Gasteiger partial charge in [0.1, 0.15) is 0 Å². The molecule has 0 saturated carbocycles. The molecule has 88 valence electrons. The van der Waals surface area contributed by atoms with Gasteiger partial charge >= 0.3 is 0 Å². The van der Waals surface area contributed by atoms with Crippen LogP contribution in [0.25, 0.3) is 0 Å². The number of Topliss-reactive ketones (excluding diaryl/α,β-unsaturated/α-hetero) is 1. The van der Waals surface area contributed by atoms with E-state index in [1.54, 1.807) is 0 Å². The van der Waals surface area contributed by atoms with Crippen molar-refractivity contribution >= 4 is 23.0 Å². The lowest BCUT2D eigenvalue weighted by molar-refractivity contribution is -0.118. The van der Waals surface area contributed by atoms with Gasteiger partial charge < -0.3 is 5.32 Å². The van der Waals surface area contributed by atoms with Crippen LogP contribution >= 0.6 is 11.3 Å². The first-order chi connectivity index (χ1) is 7.54. The zero-order valence-electron chi connectivity index (χ0n) is 9.92. The minimum absolute atomic E-state index is 0.0850. The maximum atomic E-state index is 11.7. The van der Waals surface area contributed by atoms with E-state index in [1.807, 2.05) is 26.8 Å². The van der Waals surface area contributed by atoms with E-state index < -0.39 is 0 Å². The summed E-state index contributed by atoms with van der Waals surface area (Å²) in [4.78, 5) is 24.8. The number of ketones is 1. The maximum Gasteiger partial charge on any atom is 0.261 e. The molecule has 1 amide bonds. The molecule has 1 N–H and O–H groups in total. The molecule has 0 fully saturated rings. The van der Waals surface area contributed by atoms with Crippen LogP contribution in [-0.4, -0.2) is 18.2 Å². The fourth-order valence-corrected chi connectivity index (χ4v) is 2.44. The van der Waals surface area contributed by atoms with Gasteiger partial charge in [-0.25, -0.2) is 0 Å². The molecule has 1 rings (SSSR count). The number of nitrogens with one attached hydrogen (secondary N) is 1. The number of carbonyl (C=O) groups is 2. The molecule has 1 heterocycles. The first kappa shape index (κ1) is 12.9. The molecular formula is C12H17NO2S. The van der Waals surface area contributed by atoms with Crippen LogP contribution in [0.1, 0.15) is 39.9 Å². The highest BCUT2D eigenvalue weighted by Crippen LogP contribution is 2.20. The molecule has 0 aliphatic rings. The summed E-state index contributed by atoms with van der Waals surface area (Å²) in [6, 6.07) is 1.98. The van der Waals surface area contributed by atoms with Gasteiger partial charge in [0.15, 0.2) is 5.78 Å². The van der Waals surface area contributed by atoms with Crippen LogP contribution in [0.2, 0.25) is 0 Å². The topological polar surface area (TPSA) is 46.2 Å². The van der Waals surface area contributed by atoms with Gasteiger partial charge in [-0.1, -0.05) is 6.92 Å². The highest BCUT2D eigenvalue weighted by molar-refractivity contribution is 7.14. The Hall–Kier alpha value is -1.16. The summed E-state index contributed by atoms with van der Waals surface area (Å²) in [6.07, 6.45) is 1.36. The molecule has 1 aromatic heterocycles. The van der Waals surface area contributed by atoms with E-state index in [1.165, 1.54) is 11.3 Å². The van der Waals surface area contributed by atoms with Crippen LogP contribution in [-0.2, 0) is 4.79 Å². The Balaban J connectivity index is 2.53. The molecular weight excluding hydrogens is 222 g/mol. The van der Waals surface area contributed by atoms with Gasteiger partial charge in [-0.15, -0.1) is 11.3 Å². The molecule has 0 radical (unpaired) electrons. The summed E-state index contributed by atoms with van der Waals surface area (Å²) in [5.41, 5.74) is 0.975. The van der Waals surface area contributed by atoms with Crippen molar-refractivity contribution in [2.24, 2.45) is 0 Å². The van der Waals surface area contributed by atoms with Gasteiger partial charge in [0.05, 0.1) is 11.4 Å². The number of rotatable bonds is 5. The van der Waals surface area contributed by atoms with Gasteiger partial charge in [-0.2, -0.15) is 0 Å². The van der Waals surface area contributed by atoms with Crippen LogP contribution in [0.3, 0.4) is 0 Å². The van der Waals surface area contributed by atoms with E-state index in [0.717, 1.165) is 16.9 Å². The van der Waals surface area contributed by atoms with E-state index in [2.05, 4.69) is 5.32 Å². The van der Waals surface area contributed by atoms with Crippen molar-refractivity contribution in [3.8, 4) is 0 Å². The molecule has 0 bridgehead atoms. The third kappa shape index (κ3) is 3.45. The Labute approximate surface area is 99.9 Å². The molecule has 0 atom stereocenters. The molecule has 3 nitrogen and oxygen atoms in total. The lowest BCUT2D eigenvalue weighted by Gasteiger charge is -2.02. The number of amides is 1. The SMILES string of the molecule is CCCC(=O)CNC(=O)c1sc(C)cc1C. The molecule has 0 spiro atoms. The van der Waals surface area contributed by atoms with Crippen molar-refractivity contribution in [3.63, 3.8) is 0 Å². The predicted octanol–water partition coefficient (Wildman–Crippen LogP) is 2.46. The molecule has 0 aliphatic carbocycles. The zero-order valence-corrected chi connectivity index (χ0v) is 10.7. The average molecular weight is 239 g/mol. The number of carbonyl (C=O) groups excluding carboxylic acids is 2. The van der Waals surface area contributed by atoms with E-state index in [0.29, 0.717) is 11.3 Å². The smallest absolute Gasteiger partial charge is 0.261 e. The summed E-state index contributed by atoms with van der Waals surface area (Å²) >= 11 is 1.46. The summed E-state index contributed by atoms with van der Waals surface area (Å²) in [5.74, 6) is -0.0539. The molecule has 0 aromatic carbocycles. The zero-order chi connectivity index (χ0) is 12.1. The van der Waals surface area contributed by atoms with Gasteiger partial charge in [0, 0.05) is 11.3 Å². The van der Waals surface area contributed by atoms with Crippen molar-refractivity contribution in [2.75, 3.05) is 6.54 Å². The van der Waals surface area contributed by atoms with Gasteiger partial charge in [0.25, 0.3) is 5.91 Å². The van der Waals surface area contributed by atoms with Gasteiger partial charge in [-0.3, -0.25) is 9.59 Å². The minimum Gasteiger partial charge on any atom is -0.344 e. The fourth-order valence-electron chi connectivity index (χ4n) is 1.49. The van der Waals surface area contributed by atoms with Crippen LogP contribution in [0.4, 0.5) is 0 Å². The van der Waals surface area contributed by atoms with Gasteiger partial charge in [0.2, 0.25) is 0 Å². The minimum atomic E-state index is -0.139. The molecule has 0 aliphatic heterocycles. The number of thiophene rings is 1. The molecule has 4 heteroatoms. The largest absolute Gasteiger partial charge is 0.344 e. The van der Waals surface area contributed by atoms with Crippen LogP contribution in [0.5, 0.6) is 0 Å². The third-order valence-electron chi connectivity index (χ3n) is 2.22. The van der Waals surface area contributed by atoms with Crippen molar-refractivity contribution in [2.45, 2.75) is 33.6 Å². The molecule has 16 heavy (non-hydrogen) atoms. The Morgan fingerprint density at radius 2 is 2.06 bits per heavy atom. The summed E-state index contributed by atoms with van der Waals surface area (Å²) < 4.78 is 0. The normalized spacial score (nSPS) is 10.2. The summed E-state index contributed by atoms with van der Waals surface area (Å²) in [5, 5.41) is 2.66. The number of hydrogen-bond donors (Lipinski definition) is 1. The lowest BCUT2D eigenvalue weighted by atomic mass is 10.2. The molecule has 0 unspecified atom stereocenters.